The molecular weight excluding hydrogens is 915 g/mol. The molecule has 26 heteroatoms. The number of nitrogens with zero attached hydrogens (tertiary/aromatic N) is 3. The third kappa shape index (κ3) is 22.9. The number of aliphatic hydroxyl groups excluding tert-OH is 1. The molecule has 0 unspecified atom stereocenters. The molecule has 0 radical (unpaired) electrons. The van der Waals surface area contributed by atoms with E-state index in [2.05, 4.69) is 47.2 Å². The van der Waals surface area contributed by atoms with Crippen molar-refractivity contribution in [2.75, 3.05) is 26.2 Å². The van der Waals surface area contributed by atoms with E-state index < -0.39 is 114 Å². The number of carboxylic acid groups (broad SMARTS) is 1. The van der Waals surface area contributed by atoms with Crippen LogP contribution in [-0.2, 0) is 43.2 Å². The Hall–Kier alpha value is -6.31. The number of rotatable bonds is 31. The number of likely N-dealkylation sites (tertiary alicyclic amines) is 1. The van der Waals surface area contributed by atoms with Crippen LogP contribution in [0.1, 0.15) is 113 Å². The Bertz CT molecular complexity index is 1840. The summed E-state index contributed by atoms with van der Waals surface area (Å²) in [6.07, 6.45) is 1.46. The molecule has 0 aromatic heterocycles. The van der Waals surface area contributed by atoms with Gasteiger partial charge in [0, 0.05) is 19.6 Å². The highest BCUT2D eigenvalue weighted by molar-refractivity contribution is 5.98. The second kappa shape index (κ2) is 31.0. The summed E-state index contributed by atoms with van der Waals surface area (Å²) in [6.45, 7) is 13.2. The predicted molar refractivity (Wildman–Crippen MR) is 260 cm³/mol. The summed E-state index contributed by atoms with van der Waals surface area (Å²) in [7, 11) is 0. The molecule has 0 spiro atoms. The number of nitrogens with two attached hydrogens (primary N) is 5. The van der Waals surface area contributed by atoms with E-state index in [4.69, 9.17) is 28.7 Å². The van der Waals surface area contributed by atoms with Gasteiger partial charge >= 0.3 is 5.97 Å². The number of carbonyl (C=O) groups excluding carboxylic acids is 8. The van der Waals surface area contributed by atoms with Gasteiger partial charge in [-0.2, -0.15) is 0 Å². The van der Waals surface area contributed by atoms with Crippen molar-refractivity contribution in [1.82, 2.24) is 42.1 Å². The molecule has 0 aromatic rings. The van der Waals surface area contributed by atoms with Gasteiger partial charge in [-0.05, 0) is 89.4 Å². The molecule has 0 aromatic carbocycles. The van der Waals surface area contributed by atoms with E-state index in [1.165, 1.54) is 18.7 Å². The van der Waals surface area contributed by atoms with Crippen molar-refractivity contribution in [3.8, 4) is 0 Å². The fraction of sp³-hybridized carbons (Fsp3) is 0.750. The van der Waals surface area contributed by atoms with Gasteiger partial charge in [-0.1, -0.05) is 41.5 Å². The van der Waals surface area contributed by atoms with Gasteiger partial charge in [-0.3, -0.25) is 48.3 Å². The molecule has 70 heavy (non-hydrogen) atoms. The van der Waals surface area contributed by atoms with Crippen LogP contribution in [0.25, 0.3) is 0 Å². The number of carbonyl (C=O) groups is 9. The maximum atomic E-state index is 13.8. The smallest absolute Gasteiger partial charge is 0.326 e. The first-order valence-electron chi connectivity index (χ1n) is 23.8. The topological polar surface area (TPSA) is 436 Å². The number of aliphatic hydroxyl groups is 1. The van der Waals surface area contributed by atoms with Gasteiger partial charge in [-0.15, -0.1) is 0 Å². The molecule has 9 atom stereocenters. The number of carboxylic acids is 1. The van der Waals surface area contributed by atoms with Gasteiger partial charge in [0.15, 0.2) is 11.9 Å². The van der Waals surface area contributed by atoms with E-state index in [0.29, 0.717) is 6.42 Å². The predicted octanol–water partition coefficient (Wildman–Crippen LogP) is -3.94. The zero-order valence-electron chi connectivity index (χ0n) is 41.9. The van der Waals surface area contributed by atoms with Crippen molar-refractivity contribution in [2.24, 2.45) is 56.4 Å². The highest BCUT2D eigenvalue weighted by atomic mass is 16.4. The Morgan fingerprint density at radius 2 is 0.943 bits per heavy atom. The summed E-state index contributed by atoms with van der Waals surface area (Å²) in [5.74, 6) is -7.83. The van der Waals surface area contributed by atoms with E-state index in [-0.39, 0.29) is 101 Å². The second-order valence-electron chi connectivity index (χ2n) is 18.9. The Morgan fingerprint density at radius 3 is 1.34 bits per heavy atom. The molecule has 1 aliphatic heterocycles. The third-order valence-corrected chi connectivity index (χ3v) is 11.0. The molecule has 1 fully saturated rings. The average Bonchev–Trinajstić information content (AvgIpc) is 3.75. The highest BCUT2D eigenvalue weighted by Crippen LogP contribution is 2.20. The zero-order valence-corrected chi connectivity index (χ0v) is 41.9. The van der Waals surface area contributed by atoms with Gasteiger partial charge in [-0.25, -0.2) is 4.79 Å². The number of amides is 8. The van der Waals surface area contributed by atoms with Crippen molar-refractivity contribution in [3.05, 3.63) is 0 Å². The Balaban J connectivity index is 3.19. The molecule has 19 N–H and O–H groups in total. The second-order valence-corrected chi connectivity index (χ2v) is 18.9. The van der Waals surface area contributed by atoms with Gasteiger partial charge in [0.25, 0.3) is 0 Å². The van der Waals surface area contributed by atoms with E-state index >= 15 is 0 Å². The van der Waals surface area contributed by atoms with E-state index in [1.54, 1.807) is 13.8 Å². The van der Waals surface area contributed by atoms with E-state index in [9.17, 15) is 53.4 Å². The Morgan fingerprint density at radius 1 is 0.557 bits per heavy atom. The van der Waals surface area contributed by atoms with Crippen LogP contribution in [0.15, 0.2) is 9.98 Å². The van der Waals surface area contributed by atoms with Crippen molar-refractivity contribution in [3.63, 3.8) is 0 Å². The summed E-state index contributed by atoms with van der Waals surface area (Å²) in [4.78, 5) is 129. The van der Waals surface area contributed by atoms with Crippen LogP contribution in [0.2, 0.25) is 0 Å². The van der Waals surface area contributed by atoms with Crippen LogP contribution >= 0.6 is 0 Å². The minimum Gasteiger partial charge on any atom is -0.480 e. The van der Waals surface area contributed by atoms with Crippen LogP contribution in [0.5, 0.6) is 0 Å². The average molecular weight is 996 g/mol. The molecule has 1 rings (SSSR count). The monoisotopic (exact) mass is 996 g/mol. The standard InChI is InChI=1S/C44H81N15O11/c1-22(2)18-29(55-34(61)25(7)45)36(63)56-30(19-23(3)4)37(64)57-31(20-24(5)6)38(65)58-32(21-60)39(66)52-26(8)41(68)59-17-11-14-33(59)40(67)53-27(12-9-15-50-43(46)47)35(62)54-28(42(69)70)13-10-16-51-44(48)49/h22-33,60H,9-21,45H2,1-8H3,(H,52,66)(H,53,67)(H,54,62)(H,55,61)(H,56,63)(H,57,64)(H,58,65)(H,69,70)(H4,46,47,50)(H4,48,49,51)/t25-,26-,27-,28-,29-,30-,31-,32-,33-/m0/s1. The van der Waals surface area contributed by atoms with Crippen LogP contribution < -0.4 is 65.9 Å². The number of aliphatic imine (C=N–C) groups is 2. The highest BCUT2D eigenvalue weighted by Gasteiger charge is 2.39. The maximum absolute atomic E-state index is 13.8. The Kier molecular flexibility index (Phi) is 27.3. The fourth-order valence-corrected chi connectivity index (χ4v) is 7.42. The molecule has 26 nitrogen and oxygen atoms in total. The van der Waals surface area contributed by atoms with Gasteiger partial charge in [0.05, 0.1) is 12.6 Å². The zero-order chi connectivity index (χ0) is 53.4. The van der Waals surface area contributed by atoms with E-state index in [1.807, 2.05) is 27.7 Å². The normalized spacial score (nSPS) is 16.8. The lowest BCUT2D eigenvalue weighted by Gasteiger charge is -2.30. The van der Waals surface area contributed by atoms with Crippen LogP contribution in [0.3, 0.4) is 0 Å². The molecule has 0 aliphatic carbocycles. The molecule has 398 valence electrons. The van der Waals surface area contributed by atoms with Gasteiger partial charge in [0.2, 0.25) is 47.3 Å². The van der Waals surface area contributed by atoms with Crippen molar-refractivity contribution < 1.29 is 53.4 Å². The number of guanidine groups is 2. The lowest BCUT2D eigenvalue weighted by Crippen LogP contribution is -2.60. The number of nitrogens with one attached hydrogen (secondary N) is 7. The first-order valence-corrected chi connectivity index (χ1v) is 23.8. The SMILES string of the molecule is CC(C)C[C@H](NC(=O)[C@H](C)N)C(=O)N[C@@H](CC(C)C)C(=O)N[C@@H](CC(C)C)C(=O)N[C@@H](CO)C(=O)N[C@@H](C)C(=O)N1CCC[C@H]1C(=O)N[C@@H](CCCN=C(N)N)C(=O)N[C@@H](CCCN=C(N)N)C(=O)O. The molecule has 1 aliphatic rings. The molecule has 1 saturated heterocycles. The number of hydrogen-bond acceptors (Lipinski definition) is 13. The molecule has 0 bridgehead atoms. The molecule has 8 amide bonds. The summed E-state index contributed by atoms with van der Waals surface area (Å²) in [6, 6.07) is -10.8. The van der Waals surface area contributed by atoms with E-state index in [0.717, 1.165) is 0 Å². The molecular formula is C44H81N15O11. The van der Waals surface area contributed by atoms with Crippen LogP contribution in [0, 0.1) is 17.8 Å². The molecule has 0 saturated carbocycles. The van der Waals surface area contributed by atoms with Crippen molar-refractivity contribution in [1.29, 1.82) is 0 Å². The minimum absolute atomic E-state index is 0.00862. The Labute approximate surface area is 410 Å². The minimum atomic E-state index is -1.59. The van der Waals surface area contributed by atoms with Gasteiger partial charge in [0.1, 0.15) is 48.3 Å². The number of hydrogen-bond donors (Lipinski definition) is 14. The quantitative estimate of drug-likeness (QED) is 0.0179. The third-order valence-electron chi connectivity index (χ3n) is 11.0. The fourth-order valence-electron chi connectivity index (χ4n) is 7.42. The summed E-state index contributed by atoms with van der Waals surface area (Å²) >= 11 is 0. The van der Waals surface area contributed by atoms with Crippen molar-refractivity contribution >= 4 is 65.1 Å². The summed E-state index contributed by atoms with van der Waals surface area (Å²) in [5.41, 5.74) is 27.2. The lowest BCUT2D eigenvalue weighted by atomic mass is 9.98. The van der Waals surface area contributed by atoms with Crippen LogP contribution in [-0.4, -0.2) is 161 Å². The number of aliphatic carboxylic acids is 1. The maximum Gasteiger partial charge on any atom is 0.326 e. The first-order chi connectivity index (χ1) is 32.7. The molecule has 1 heterocycles. The summed E-state index contributed by atoms with van der Waals surface area (Å²) in [5, 5.41) is 38.1. The van der Waals surface area contributed by atoms with Crippen LogP contribution in [0.4, 0.5) is 0 Å². The largest absolute Gasteiger partial charge is 0.480 e. The summed E-state index contributed by atoms with van der Waals surface area (Å²) < 4.78 is 0. The first kappa shape index (κ1) is 61.7. The van der Waals surface area contributed by atoms with Gasteiger partial charge < -0.3 is 81.0 Å². The van der Waals surface area contributed by atoms with Crippen molar-refractivity contribution in [2.45, 2.75) is 168 Å². The lowest BCUT2D eigenvalue weighted by molar-refractivity contribution is -0.143.